The maximum Gasteiger partial charge on any atom is 0.306 e. The number of hydrogen-bond acceptors (Lipinski definition) is 7. The van der Waals surface area contributed by atoms with E-state index in [0.717, 1.165) is 22.3 Å². The lowest BCUT2D eigenvalue weighted by Crippen LogP contribution is -2.59. The number of aryl methyl sites for hydroxylation is 2. The van der Waals surface area contributed by atoms with Crippen LogP contribution >= 0.6 is 0 Å². The van der Waals surface area contributed by atoms with Gasteiger partial charge in [0.05, 0.1) is 36.6 Å². The number of rotatable bonds is 6. The summed E-state index contributed by atoms with van der Waals surface area (Å²) in [5, 5.41) is 14.0. The largest absolute Gasteiger partial charge is 0.463 e. The third-order valence-electron chi connectivity index (χ3n) is 10.6. The number of amides is 3. The summed E-state index contributed by atoms with van der Waals surface area (Å²) >= 11 is 0. The van der Waals surface area contributed by atoms with Gasteiger partial charge in [0.25, 0.3) is 5.91 Å². The Balaban J connectivity index is 1.36. The molecule has 4 heterocycles. The van der Waals surface area contributed by atoms with Crippen LogP contribution in [0.1, 0.15) is 41.1 Å². The van der Waals surface area contributed by atoms with Gasteiger partial charge in [0.15, 0.2) is 0 Å². The minimum absolute atomic E-state index is 0.0899. The zero-order chi connectivity index (χ0) is 35.7. The van der Waals surface area contributed by atoms with Gasteiger partial charge >= 0.3 is 5.97 Å². The number of carbonyl (C=O) groups is 4. The van der Waals surface area contributed by atoms with Crippen molar-refractivity contribution in [1.29, 1.82) is 0 Å². The van der Waals surface area contributed by atoms with Crippen molar-refractivity contribution in [2.24, 2.45) is 11.8 Å². The summed E-state index contributed by atoms with van der Waals surface area (Å²) in [4.78, 5) is 60.7. The van der Waals surface area contributed by atoms with Gasteiger partial charge < -0.3 is 29.7 Å². The van der Waals surface area contributed by atoms with Crippen LogP contribution in [0.3, 0.4) is 0 Å². The molecule has 5 bridgehead atoms. The molecule has 0 unspecified atom stereocenters. The summed E-state index contributed by atoms with van der Waals surface area (Å²) in [6.45, 7) is 3.54. The number of aliphatic hydroxyl groups excluding tert-OH is 1. The van der Waals surface area contributed by atoms with Crippen LogP contribution in [0.4, 0.5) is 5.69 Å². The van der Waals surface area contributed by atoms with Crippen LogP contribution in [-0.4, -0.2) is 77.2 Å². The van der Waals surface area contributed by atoms with Crippen molar-refractivity contribution in [2.45, 2.75) is 62.9 Å². The normalized spacial score (nSPS) is 29.1. The quantitative estimate of drug-likeness (QED) is 0.295. The zero-order valence-corrected chi connectivity index (χ0v) is 28.8. The second kappa shape index (κ2) is 14.3. The Morgan fingerprint density at radius 2 is 1.61 bits per heavy atom. The second-order valence-corrected chi connectivity index (χ2v) is 13.8. The summed E-state index contributed by atoms with van der Waals surface area (Å²) in [5.74, 6) is -3.65. The van der Waals surface area contributed by atoms with Crippen LogP contribution in [0.2, 0.25) is 0 Å². The Kier molecular flexibility index (Phi) is 9.63. The molecule has 2 saturated heterocycles. The van der Waals surface area contributed by atoms with Crippen LogP contribution in [0, 0.1) is 25.7 Å². The van der Waals surface area contributed by atoms with Gasteiger partial charge in [0.1, 0.15) is 18.2 Å². The highest BCUT2D eigenvalue weighted by atomic mass is 16.5. The summed E-state index contributed by atoms with van der Waals surface area (Å²) < 4.78 is 12.3. The first-order valence-electron chi connectivity index (χ1n) is 17.6. The summed E-state index contributed by atoms with van der Waals surface area (Å²) in [7, 11) is 0. The van der Waals surface area contributed by atoms with Crippen LogP contribution in [0.25, 0.3) is 0 Å². The van der Waals surface area contributed by atoms with Crippen LogP contribution in [-0.2, 0) is 35.1 Å². The monoisotopic (exact) mass is 689 g/mol. The first-order valence-corrected chi connectivity index (χ1v) is 17.6. The number of aliphatic hydroxyl groups is 1. The fourth-order valence-corrected chi connectivity index (χ4v) is 8.31. The minimum atomic E-state index is -1.45. The summed E-state index contributed by atoms with van der Waals surface area (Å²) in [5.41, 5.74) is 2.63. The molecule has 1 spiro atoms. The predicted molar refractivity (Wildman–Crippen MR) is 190 cm³/mol. The molecule has 10 nitrogen and oxygen atoms in total. The lowest BCUT2D eigenvalue weighted by Gasteiger charge is -2.39. The number of allylic oxidation sites excluding steroid dienone is 1. The third kappa shape index (κ3) is 6.27. The van der Waals surface area contributed by atoms with Crippen molar-refractivity contribution >= 4 is 29.4 Å². The molecule has 7 atom stereocenters. The van der Waals surface area contributed by atoms with Crippen molar-refractivity contribution in [2.75, 3.05) is 24.7 Å². The number of hydrogen-bond donors (Lipinski definition) is 2. The van der Waals surface area contributed by atoms with E-state index in [9.17, 15) is 19.5 Å². The van der Waals surface area contributed by atoms with E-state index in [-0.39, 0.29) is 25.5 Å². The molecule has 0 saturated carbocycles. The minimum Gasteiger partial charge on any atom is -0.463 e. The number of nitrogens with one attached hydrogen (secondary N) is 1. The van der Waals surface area contributed by atoms with Crippen LogP contribution in [0.15, 0.2) is 103 Å². The average molecular weight is 690 g/mol. The Labute approximate surface area is 297 Å². The van der Waals surface area contributed by atoms with Gasteiger partial charge in [-0.05, 0) is 48.9 Å². The molecule has 4 aliphatic rings. The number of likely N-dealkylation sites (tertiary alicyclic amines) is 1. The molecule has 0 radical (unpaired) electrons. The summed E-state index contributed by atoms with van der Waals surface area (Å²) in [6, 6.07) is 21.9. The topological polar surface area (TPSA) is 125 Å². The van der Waals surface area contributed by atoms with Gasteiger partial charge in [0.2, 0.25) is 11.8 Å². The number of esters is 1. The molecule has 51 heavy (non-hydrogen) atoms. The Hall–Kier alpha value is -5.06. The number of para-hydroxylation sites is 1. The Morgan fingerprint density at radius 1 is 0.902 bits per heavy atom. The van der Waals surface area contributed by atoms with Gasteiger partial charge in [-0.3, -0.25) is 19.2 Å². The smallest absolute Gasteiger partial charge is 0.306 e. The number of nitrogens with zero attached hydrogens (tertiary/aromatic N) is 2. The first kappa shape index (κ1) is 34.4. The molecule has 0 aliphatic carbocycles. The van der Waals surface area contributed by atoms with Gasteiger partial charge in [-0.2, -0.15) is 0 Å². The van der Waals surface area contributed by atoms with E-state index >= 15 is 4.79 Å². The molecule has 2 fully saturated rings. The second-order valence-electron chi connectivity index (χ2n) is 13.8. The fraction of sp³-hybridized carbons (Fsp3) is 0.366. The number of cyclic esters (lactones) is 1. The fourth-order valence-electron chi connectivity index (χ4n) is 8.31. The maximum atomic E-state index is 15.4. The Bertz CT molecular complexity index is 1840. The number of anilines is 1. The van der Waals surface area contributed by atoms with E-state index in [2.05, 4.69) is 5.32 Å². The molecule has 0 aromatic heterocycles. The van der Waals surface area contributed by atoms with Crippen molar-refractivity contribution in [3.8, 4) is 0 Å². The lowest BCUT2D eigenvalue weighted by atomic mass is 9.74. The van der Waals surface area contributed by atoms with Gasteiger partial charge in [-0.1, -0.05) is 103 Å². The molecular formula is C41H43N3O7. The number of benzene rings is 3. The number of carbonyl (C=O) groups excluding carboxylic acids is 4. The molecule has 2 N–H and O–H groups in total. The van der Waals surface area contributed by atoms with Gasteiger partial charge in [0, 0.05) is 18.7 Å². The molecule has 3 aromatic carbocycles. The van der Waals surface area contributed by atoms with E-state index in [0.29, 0.717) is 18.5 Å². The van der Waals surface area contributed by atoms with Crippen molar-refractivity contribution in [1.82, 2.24) is 10.2 Å². The highest BCUT2D eigenvalue weighted by molar-refractivity contribution is 6.06. The van der Waals surface area contributed by atoms with Crippen molar-refractivity contribution in [3.05, 3.63) is 125 Å². The van der Waals surface area contributed by atoms with Crippen molar-refractivity contribution < 1.29 is 33.8 Å². The van der Waals surface area contributed by atoms with E-state index in [1.165, 1.54) is 4.90 Å². The highest BCUT2D eigenvalue weighted by Gasteiger charge is 2.74. The average Bonchev–Trinajstić information content (AvgIpc) is 3.78. The predicted octanol–water partition coefficient (Wildman–Crippen LogP) is 4.14. The molecule has 10 heteroatoms. The van der Waals surface area contributed by atoms with Crippen molar-refractivity contribution in [3.63, 3.8) is 0 Å². The van der Waals surface area contributed by atoms with Gasteiger partial charge in [-0.15, -0.1) is 0 Å². The highest BCUT2D eigenvalue weighted by Crippen LogP contribution is 2.56. The van der Waals surface area contributed by atoms with Crippen LogP contribution < -0.4 is 10.2 Å². The molecular weight excluding hydrogens is 646 g/mol. The number of fused-ring (bicyclic) bond motifs is 2. The first-order chi connectivity index (χ1) is 24.7. The van der Waals surface area contributed by atoms with E-state index in [1.807, 2.05) is 105 Å². The van der Waals surface area contributed by atoms with E-state index < -0.39 is 66.1 Å². The maximum absolute atomic E-state index is 15.4. The van der Waals surface area contributed by atoms with Crippen LogP contribution in [0.5, 0.6) is 0 Å². The number of ether oxygens (including phenoxy) is 2. The molecule has 3 aromatic rings. The molecule has 4 aliphatic heterocycles. The summed E-state index contributed by atoms with van der Waals surface area (Å²) in [6.07, 6.45) is 7.30. The zero-order valence-electron chi connectivity index (χ0n) is 28.8. The van der Waals surface area contributed by atoms with E-state index in [4.69, 9.17) is 9.47 Å². The SMILES string of the molecule is Cc1cccc(C)c1N1C/C=C\CCC(=O)OC[C@@H](c2ccccc2)NC(=O)[C@@H]2[C@@H]3C=C[C@]4(O3)[C@H](C1=O)N([C@@H](CO)Cc1ccccc1)C(=O)[C@@H]24. The standard InChI is InChI=1S/C41H43N3O7/c1-26-13-12-14-27(2)36(26)43-22-11-5-10-19-33(46)50-25-31(29-17-8-4-9-18-29)42-38(47)34-32-20-21-41(51-32)35(34)39(48)44(37(41)40(43)49)30(24-45)23-28-15-6-3-7-16-28/h3-9,11-18,20-21,30-32,34-35,37,45H,10,19,22-25H2,1-2H3,(H,42,47)/b11-5-/t30-,31+,32+,34-,35-,37+,41-/m1/s1. The van der Waals surface area contributed by atoms with Gasteiger partial charge in [-0.25, -0.2) is 0 Å². The lowest BCUT2D eigenvalue weighted by molar-refractivity contribution is -0.146. The molecule has 7 rings (SSSR count). The third-order valence-corrected chi connectivity index (χ3v) is 10.6. The molecule has 3 amide bonds. The Morgan fingerprint density at radius 3 is 2.31 bits per heavy atom. The van der Waals surface area contributed by atoms with E-state index in [1.54, 1.807) is 17.1 Å². The molecule has 264 valence electrons.